The second kappa shape index (κ2) is 6.23. The SMILES string of the molecule is CCC1(C(Cc2ccc(Cl)cc2F)NC)CCCC1. The summed E-state index contributed by atoms with van der Waals surface area (Å²) in [6.45, 7) is 2.26. The Morgan fingerprint density at radius 2 is 2.05 bits per heavy atom. The van der Waals surface area contributed by atoms with Crippen LogP contribution in [0.5, 0.6) is 0 Å². The lowest BCUT2D eigenvalue weighted by Gasteiger charge is -2.37. The molecule has 0 aliphatic heterocycles. The van der Waals surface area contributed by atoms with Gasteiger partial charge >= 0.3 is 0 Å². The Balaban J connectivity index is 2.18. The zero-order chi connectivity index (χ0) is 13.9. The average Bonchev–Trinajstić information content (AvgIpc) is 2.88. The molecule has 0 amide bonds. The lowest BCUT2D eigenvalue weighted by atomic mass is 9.74. The fourth-order valence-electron chi connectivity index (χ4n) is 3.56. The van der Waals surface area contributed by atoms with E-state index in [1.807, 2.05) is 13.1 Å². The molecule has 1 aromatic carbocycles. The first-order valence-corrected chi connectivity index (χ1v) is 7.60. The van der Waals surface area contributed by atoms with Crippen molar-refractivity contribution in [3.05, 3.63) is 34.6 Å². The maximum atomic E-state index is 14.0. The molecule has 1 aliphatic carbocycles. The third kappa shape index (κ3) is 3.11. The molecule has 1 N–H and O–H groups in total. The largest absolute Gasteiger partial charge is 0.316 e. The van der Waals surface area contributed by atoms with Gasteiger partial charge in [-0.15, -0.1) is 0 Å². The summed E-state index contributed by atoms with van der Waals surface area (Å²) in [4.78, 5) is 0. The molecule has 0 bridgehead atoms. The first-order chi connectivity index (χ1) is 9.11. The van der Waals surface area contributed by atoms with Crippen molar-refractivity contribution >= 4 is 11.6 Å². The molecule has 0 radical (unpaired) electrons. The van der Waals surface area contributed by atoms with Crippen LogP contribution in [0.4, 0.5) is 4.39 Å². The summed E-state index contributed by atoms with van der Waals surface area (Å²) >= 11 is 5.81. The van der Waals surface area contributed by atoms with Crippen molar-refractivity contribution in [3.8, 4) is 0 Å². The Bertz CT molecular complexity index is 427. The molecule has 2 rings (SSSR count). The van der Waals surface area contributed by atoms with E-state index in [1.165, 1.54) is 31.7 Å². The van der Waals surface area contributed by atoms with Gasteiger partial charge in [-0.1, -0.05) is 37.4 Å². The molecule has 3 heteroatoms. The summed E-state index contributed by atoms with van der Waals surface area (Å²) in [6, 6.07) is 5.35. The molecule has 1 atom stereocenters. The van der Waals surface area contributed by atoms with Crippen LogP contribution in [0.15, 0.2) is 18.2 Å². The summed E-state index contributed by atoms with van der Waals surface area (Å²) in [5, 5.41) is 3.89. The van der Waals surface area contributed by atoms with Crippen LogP contribution in [0.3, 0.4) is 0 Å². The van der Waals surface area contributed by atoms with Crippen molar-refractivity contribution in [2.45, 2.75) is 51.5 Å². The number of nitrogens with one attached hydrogen (secondary N) is 1. The van der Waals surface area contributed by atoms with Crippen molar-refractivity contribution in [1.82, 2.24) is 5.32 Å². The third-order valence-electron chi connectivity index (χ3n) is 4.83. The molecular weight excluding hydrogens is 261 g/mol. The van der Waals surface area contributed by atoms with Gasteiger partial charge in [0.25, 0.3) is 0 Å². The molecule has 1 aliphatic rings. The minimum atomic E-state index is -0.183. The molecule has 19 heavy (non-hydrogen) atoms. The minimum Gasteiger partial charge on any atom is -0.316 e. The molecular formula is C16H23ClFN. The highest BCUT2D eigenvalue weighted by atomic mass is 35.5. The average molecular weight is 284 g/mol. The smallest absolute Gasteiger partial charge is 0.127 e. The molecule has 1 unspecified atom stereocenters. The van der Waals surface area contributed by atoms with Crippen LogP contribution < -0.4 is 5.32 Å². The first-order valence-electron chi connectivity index (χ1n) is 7.22. The molecule has 1 fully saturated rings. The summed E-state index contributed by atoms with van der Waals surface area (Å²) in [6.07, 6.45) is 7.01. The van der Waals surface area contributed by atoms with E-state index in [0.29, 0.717) is 16.5 Å². The number of hydrogen-bond acceptors (Lipinski definition) is 1. The zero-order valence-electron chi connectivity index (χ0n) is 11.8. The van der Waals surface area contributed by atoms with Gasteiger partial charge in [0.15, 0.2) is 0 Å². The third-order valence-corrected chi connectivity index (χ3v) is 5.07. The van der Waals surface area contributed by atoms with Gasteiger partial charge in [-0.2, -0.15) is 0 Å². The van der Waals surface area contributed by atoms with Crippen LogP contribution >= 0.6 is 11.6 Å². The van der Waals surface area contributed by atoms with Gasteiger partial charge in [-0.3, -0.25) is 0 Å². The van der Waals surface area contributed by atoms with E-state index in [1.54, 1.807) is 6.07 Å². The highest BCUT2D eigenvalue weighted by Gasteiger charge is 2.39. The second-order valence-electron chi connectivity index (χ2n) is 5.70. The molecule has 0 heterocycles. The van der Waals surface area contributed by atoms with Crippen molar-refractivity contribution in [2.24, 2.45) is 5.41 Å². The summed E-state index contributed by atoms with van der Waals surface area (Å²) < 4.78 is 14.0. The van der Waals surface area contributed by atoms with Gasteiger partial charge in [0.05, 0.1) is 0 Å². The Kier molecular flexibility index (Phi) is 4.86. The van der Waals surface area contributed by atoms with E-state index in [0.717, 1.165) is 18.4 Å². The van der Waals surface area contributed by atoms with Crippen LogP contribution in [-0.2, 0) is 6.42 Å². The predicted octanol–water partition coefficient (Wildman–Crippen LogP) is 4.58. The van der Waals surface area contributed by atoms with Crippen LogP contribution in [0.2, 0.25) is 5.02 Å². The van der Waals surface area contributed by atoms with Gasteiger partial charge in [0, 0.05) is 11.1 Å². The maximum Gasteiger partial charge on any atom is 0.127 e. The van der Waals surface area contributed by atoms with E-state index in [9.17, 15) is 4.39 Å². The lowest BCUT2D eigenvalue weighted by Crippen LogP contribution is -2.43. The summed E-state index contributed by atoms with van der Waals surface area (Å²) in [7, 11) is 1.99. The number of likely N-dealkylation sites (N-methyl/N-ethyl adjacent to an activating group) is 1. The summed E-state index contributed by atoms with van der Waals surface area (Å²) in [5.41, 5.74) is 1.10. The Hall–Kier alpha value is -0.600. The molecule has 1 aromatic rings. The monoisotopic (exact) mass is 283 g/mol. The number of benzene rings is 1. The molecule has 1 saturated carbocycles. The Morgan fingerprint density at radius 1 is 1.37 bits per heavy atom. The van der Waals surface area contributed by atoms with E-state index < -0.39 is 0 Å². The Morgan fingerprint density at radius 3 is 2.58 bits per heavy atom. The van der Waals surface area contributed by atoms with E-state index in [4.69, 9.17) is 11.6 Å². The molecule has 106 valence electrons. The number of halogens is 2. The normalized spacial score (nSPS) is 19.6. The number of rotatable bonds is 5. The van der Waals surface area contributed by atoms with Crippen molar-refractivity contribution in [2.75, 3.05) is 7.05 Å². The molecule has 0 saturated heterocycles. The van der Waals surface area contributed by atoms with Crippen LogP contribution in [0.25, 0.3) is 0 Å². The Labute approximate surface area is 120 Å². The van der Waals surface area contributed by atoms with Crippen molar-refractivity contribution in [3.63, 3.8) is 0 Å². The lowest BCUT2D eigenvalue weighted by molar-refractivity contribution is 0.191. The van der Waals surface area contributed by atoms with Crippen molar-refractivity contribution < 1.29 is 4.39 Å². The fraction of sp³-hybridized carbons (Fsp3) is 0.625. The topological polar surface area (TPSA) is 12.0 Å². The van der Waals surface area contributed by atoms with E-state index >= 15 is 0 Å². The van der Waals surface area contributed by atoms with Crippen LogP contribution in [-0.4, -0.2) is 13.1 Å². The molecule has 0 aromatic heterocycles. The maximum absolute atomic E-state index is 14.0. The second-order valence-corrected chi connectivity index (χ2v) is 6.14. The first kappa shape index (κ1) is 14.8. The minimum absolute atomic E-state index is 0.183. The van der Waals surface area contributed by atoms with Gasteiger partial charge in [-0.05, 0) is 55.8 Å². The predicted molar refractivity (Wildman–Crippen MR) is 79.2 cm³/mol. The quantitative estimate of drug-likeness (QED) is 0.834. The fourth-order valence-corrected chi connectivity index (χ4v) is 3.72. The van der Waals surface area contributed by atoms with Crippen LogP contribution in [0, 0.1) is 11.2 Å². The van der Waals surface area contributed by atoms with Crippen molar-refractivity contribution in [1.29, 1.82) is 0 Å². The zero-order valence-corrected chi connectivity index (χ0v) is 12.6. The standard InChI is InChI=1S/C16H23ClFN/c1-3-16(8-4-5-9-16)15(19-2)10-12-6-7-13(17)11-14(12)18/h6-7,11,15,19H,3-5,8-10H2,1-2H3. The molecule has 1 nitrogen and oxygen atoms in total. The highest BCUT2D eigenvalue weighted by molar-refractivity contribution is 6.30. The molecule has 0 spiro atoms. The van der Waals surface area contributed by atoms with E-state index in [-0.39, 0.29) is 5.82 Å². The van der Waals surface area contributed by atoms with Gasteiger partial charge in [0.2, 0.25) is 0 Å². The van der Waals surface area contributed by atoms with E-state index in [2.05, 4.69) is 12.2 Å². The summed E-state index contributed by atoms with van der Waals surface area (Å²) in [5.74, 6) is -0.183. The van der Waals surface area contributed by atoms with Gasteiger partial charge < -0.3 is 5.32 Å². The van der Waals surface area contributed by atoms with Gasteiger partial charge in [0.1, 0.15) is 5.82 Å². The number of hydrogen-bond donors (Lipinski definition) is 1. The highest BCUT2D eigenvalue weighted by Crippen LogP contribution is 2.44. The van der Waals surface area contributed by atoms with Crippen LogP contribution in [0.1, 0.15) is 44.6 Å². The van der Waals surface area contributed by atoms with Gasteiger partial charge in [-0.25, -0.2) is 4.39 Å².